The zero-order valence-electron chi connectivity index (χ0n) is 8.35. The highest BCUT2D eigenvalue weighted by molar-refractivity contribution is 5.80. The molecule has 0 aromatic heterocycles. The van der Waals surface area contributed by atoms with E-state index >= 15 is 0 Å². The van der Waals surface area contributed by atoms with E-state index in [1.807, 2.05) is 27.8 Å². The van der Waals surface area contributed by atoms with Crippen LogP contribution in [0.5, 0.6) is 0 Å². The molecule has 1 aliphatic rings. The lowest BCUT2D eigenvalue weighted by Crippen LogP contribution is -2.55. The van der Waals surface area contributed by atoms with Gasteiger partial charge in [-0.05, 0) is 27.8 Å². The molecular weight excluding hydrogens is 152 g/mol. The number of likely N-dealkylation sites (tertiary alicyclic amines) is 1. The second kappa shape index (κ2) is 3.05. The summed E-state index contributed by atoms with van der Waals surface area (Å²) in [4.78, 5) is 13.6. The largest absolute Gasteiger partial charge is 0.351 e. The number of carbonyl (C=O) groups excluding carboxylic acids is 1. The van der Waals surface area contributed by atoms with Crippen LogP contribution in [0.1, 0.15) is 20.8 Å². The average molecular weight is 170 g/mol. The third-order valence-electron chi connectivity index (χ3n) is 1.93. The van der Waals surface area contributed by atoms with Gasteiger partial charge in [-0.15, -0.1) is 0 Å². The van der Waals surface area contributed by atoms with Crippen LogP contribution < -0.4 is 5.32 Å². The van der Waals surface area contributed by atoms with Crippen LogP contribution in [0.2, 0.25) is 0 Å². The maximum atomic E-state index is 11.4. The Kier molecular flexibility index (Phi) is 2.42. The van der Waals surface area contributed by atoms with Crippen LogP contribution in [-0.4, -0.2) is 36.5 Å². The van der Waals surface area contributed by atoms with Crippen LogP contribution in [-0.2, 0) is 4.79 Å². The molecule has 0 aliphatic carbocycles. The third kappa shape index (κ3) is 2.48. The van der Waals surface area contributed by atoms with Crippen LogP contribution in [0.25, 0.3) is 0 Å². The van der Waals surface area contributed by atoms with E-state index in [1.165, 1.54) is 0 Å². The SMILES string of the molecule is CN1CC(C(=O)NC(C)(C)C)C1. The van der Waals surface area contributed by atoms with Gasteiger partial charge in [0.05, 0.1) is 5.92 Å². The van der Waals surface area contributed by atoms with E-state index in [2.05, 4.69) is 10.2 Å². The van der Waals surface area contributed by atoms with Gasteiger partial charge in [0.15, 0.2) is 0 Å². The summed E-state index contributed by atoms with van der Waals surface area (Å²) in [6, 6.07) is 0. The van der Waals surface area contributed by atoms with Crippen molar-refractivity contribution >= 4 is 5.91 Å². The Morgan fingerprint density at radius 1 is 1.42 bits per heavy atom. The zero-order valence-corrected chi connectivity index (χ0v) is 8.35. The van der Waals surface area contributed by atoms with Crippen molar-refractivity contribution in [2.75, 3.05) is 20.1 Å². The first kappa shape index (κ1) is 9.52. The molecule has 3 heteroatoms. The average Bonchev–Trinajstić information content (AvgIpc) is 1.76. The molecule has 0 spiro atoms. The maximum Gasteiger partial charge on any atom is 0.226 e. The van der Waals surface area contributed by atoms with Crippen molar-refractivity contribution in [2.45, 2.75) is 26.3 Å². The van der Waals surface area contributed by atoms with Crippen LogP contribution >= 0.6 is 0 Å². The van der Waals surface area contributed by atoms with E-state index in [0.717, 1.165) is 13.1 Å². The Morgan fingerprint density at radius 3 is 2.25 bits per heavy atom. The third-order valence-corrected chi connectivity index (χ3v) is 1.93. The molecule has 3 nitrogen and oxygen atoms in total. The minimum Gasteiger partial charge on any atom is -0.351 e. The number of amides is 1. The van der Waals surface area contributed by atoms with Gasteiger partial charge in [0.25, 0.3) is 0 Å². The second-order valence-electron chi connectivity index (χ2n) is 4.66. The highest BCUT2D eigenvalue weighted by atomic mass is 16.2. The van der Waals surface area contributed by atoms with Gasteiger partial charge in [0, 0.05) is 18.6 Å². The van der Waals surface area contributed by atoms with Gasteiger partial charge in [-0.1, -0.05) is 0 Å². The quantitative estimate of drug-likeness (QED) is 0.620. The Balaban J connectivity index is 2.30. The Bertz CT molecular complexity index is 177. The number of hydrogen-bond donors (Lipinski definition) is 1. The van der Waals surface area contributed by atoms with Gasteiger partial charge in [-0.25, -0.2) is 0 Å². The molecular formula is C9H18N2O. The van der Waals surface area contributed by atoms with Gasteiger partial charge < -0.3 is 10.2 Å². The number of hydrogen-bond acceptors (Lipinski definition) is 2. The number of nitrogens with one attached hydrogen (secondary N) is 1. The molecule has 1 fully saturated rings. The first-order valence-electron chi connectivity index (χ1n) is 4.39. The first-order chi connectivity index (χ1) is 5.38. The Labute approximate surface area is 74.1 Å². The lowest BCUT2D eigenvalue weighted by atomic mass is 9.98. The Hall–Kier alpha value is -0.570. The molecule has 1 saturated heterocycles. The molecule has 1 rings (SSSR count). The summed E-state index contributed by atoms with van der Waals surface area (Å²) in [6.07, 6.45) is 0. The molecule has 70 valence electrons. The predicted molar refractivity (Wildman–Crippen MR) is 48.9 cm³/mol. The van der Waals surface area contributed by atoms with Crippen molar-refractivity contribution in [2.24, 2.45) is 5.92 Å². The summed E-state index contributed by atoms with van der Waals surface area (Å²) in [7, 11) is 2.03. The fourth-order valence-corrected chi connectivity index (χ4v) is 1.34. The molecule has 12 heavy (non-hydrogen) atoms. The maximum absolute atomic E-state index is 11.4. The van der Waals surface area contributed by atoms with Gasteiger partial charge in [-0.3, -0.25) is 4.79 Å². The fourth-order valence-electron chi connectivity index (χ4n) is 1.34. The molecule has 0 atom stereocenters. The van der Waals surface area contributed by atoms with Crippen LogP contribution in [0.15, 0.2) is 0 Å². The molecule has 0 unspecified atom stereocenters. The van der Waals surface area contributed by atoms with E-state index in [-0.39, 0.29) is 17.4 Å². The van der Waals surface area contributed by atoms with Gasteiger partial charge >= 0.3 is 0 Å². The van der Waals surface area contributed by atoms with E-state index in [4.69, 9.17) is 0 Å². The summed E-state index contributed by atoms with van der Waals surface area (Å²) in [5.74, 6) is 0.412. The molecule has 0 aromatic rings. The van der Waals surface area contributed by atoms with Gasteiger partial charge in [0.1, 0.15) is 0 Å². The minimum absolute atomic E-state index is 0.0920. The Morgan fingerprint density at radius 2 is 1.92 bits per heavy atom. The highest BCUT2D eigenvalue weighted by Crippen LogP contribution is 2.13. The highest BCUT2D eigenvalue weighted by Gasteiger charge is 2.31. The fraction of sp³-hybridized carbons (Fsp3) is 0.889. The lowest BCUT2D eigenvalue weighted by Gasteiger charge is -2.36. The second-order valence-corrected chi connectivity index (χ2v) is 4.66. The summed E-state index contributed by atoms with van der Waals surface area (Å²) in [5, 5.41) is 2.98. The van der Waals surface area contributed by atoms with E-state index in [1.54, 1.807) is 0 Å². The van der Waals surface area contributed by atoms with Crippen molar-refractivity contribution in [1.29, 1.82) is 0 Å². The molecule has 0 radical (unpaired) electrons. The predicted octanol–water partition coefficient (Wildman–Crippen LogP) is 0.463. The van der Waals surface area contributed by atoms with Crippen molar-refractivity contribution < 1.29 is 4.79 Å². The van der Waals surface area contributed by atoms with Gasteiger partial charge in [0.2, 0.25) is 5.91 Å². The van der Waals surface area contributed by atoms with Crippen molar-refractivity contribution in [3.05, 3.63) is 0 Å². The van der Waals surface area contributed by atoms with Crippen LogP contribution in [0.4, 0.5) is 0 Å². The van der Waals surface area contributed by atoms with E-state index < -0.39 is 0 Å². The monoisotopic (exact) mass is 170 g/mol. The summed E-state index contributed by atoms with van der Waals surface area (Å²) >= 11 is 0. The smallest absolute Gasteiger partial charge is 0.226 e. The standard InChI is InChI=1S/C9H18N2O/c1-9(2,3)10-8(12)7-5-11(4)6-7/h7H,5-6H2,1-4H3,(H,10,12). The molecule has 0 saturated carbocycles. The lowest BCUT2D eigenvalue weighted by molar-refractivity contribution is -0.131. The number of rotatable bonds is 1. The number of nitrogens with zero attached hydrogens (tertiary/aromatic N) is 1. The minimum atomic E-state index is -0.0920. The topological polar surface area (TPSA) is 32.3 Å². The van der Waals surface area contributed by atoms with Crippen molar-refractivity contribution in [1.82, 2.24) is 10.2 Å². The van der Waals surface area contributed by atoms with E-state index in [0.29, 0.717) is 0 Å². The number of carbonyl (C=O) groups is 1. The van der Waals surface area contributed by atoms with E-state index in [9.17, 15) is 4.79 Å². The van der Waals surface area contributed by atoms with Crippen molar-refractivity contribution in [3.63, 3.8) is 0 Å². The molecule has 1 aliphatic heterocycles. The molecule has 1 amide bonds. The van der Waals surface area contributed by atoms with Crippen molar-refractivity contribution in [3.8, 4) is 0 Å². The molecule has 1 N–H and O–H groups in total. The summed E-state index contributed by atoms with van der Waals surface area (Å²) in [5.41, 5.74) is -0.0920. The van der Waals surface area contributed by atoms with Crippen LogP contribution in [0.3, 0.4) is 0 Å². The molecule has 1 heterocycles. The summed E-state index contributed by atoms with van der Waals surface area (Å²) < 4.78 is 0. The first-order valence-corrected chi connectivity index (χ1v) is 4.39. The normalized spacial score (nSPS) is 20.3. The molecule has 0 bridgehead atoms. The van der Waals surface area contributed by atoms with Gasteiger partial charge in [-0.2, -0.15) is 0 Å². The zero-order chi connectivity index (χ0) is 9.35. The van der Waals surface area contributed by atoms with Crippen LogP contribution in [0, 0.1) is 5.92 Å². The summed E-state index contributed by atoms with van der Waals surface area (Å²) in [6.45, 7) is 7.83. The molecule has 0 aromatic carbocycles.